The summed E-state index contributed by atoms with van der Waals surface area (Å²) in [6.07, 6.45) is 5.55. The number of nitrogens with one attached hydrogen (secondary N) is 2. The molecule has 0 aliphatic carbocycles. The smallest absolute Gasteiger partial charge is 0.251 e. The molecular weight excluding hydrogens is 430 g/mol. The fourth-order valence-electron chi connectivity index (χ4n) is 3.91. The zero-order valence-electron chi connectivity index (χ0n) is 17.9. The highest BCUT2D eigenvalue weighted by Crippen LogP contribution is 2.33. The molecule has 3 aromatic heterocycles. The van der Waals surface area contributed by atoms with Crippen LogP contribution in [-0.4, -0.2) is 22.4 Å². The number of aromatic amines is 1. The van der Waals surface area contributed by atoms with Crippen molar-refractivity contribution >= 4 is 28.1 Å². The summed E-state index contributed by atoms with van der Waals surface area (Å²) in [6.45, 7) is 0.905. The molecule has 1 amide bonds. The number of hydrogen-bond donors (Lipinski definition) is 2. The van der Waals surface area contributed by atoms with E-state index in [4.69, 9.17) is 4.74 Å². The predicted molar refractivity (Wildman–Crippen MR) is 132 cm³/mol. The lowest BCUT2D eigenvalue weighted by Gasteiger charge is -2.16. The summed E-state index contributed by atoms with van der Waals surface area (Å²) in [6, 6.07) is 23.5. The molecule has 2 N–H and O–H groups in total. The van der Waals surface area contributed by atoms with Crippen LogP contribution in [0.25, 0.3) is 10.9 Å². The Kier molecular flexibility index (Phi) is 6.17. The van der Waals surface area contributed by atoms with Gasteiger partial charge in [-0.25, -0.2) is 0 Å². The summed E-state index contributed by atoms with van der Waals surface area (Å²) < 4.78 is 5.85. The molecule has 1 unspecified atom stereocenters. The molecule has 3 heterocycles. The van der Waals surface area contributed by atoms with Crippen LogP contribution in [0.1, 0.15) is 32.3 Å². The summed E-state index contributed by atoms with van der Waals surface area (Å²) in [5.41, 5.74) is 3.83. The maximum Gasteiger partial charge on any atom is 0.251 e. The third-order valence-electron chi connectivity index (χ3n) is 5.57. The van der Waals surface area contributed by atoms with Crippen LogP contribution in [0.15, 0.2) is 96.8 Å². The third-order valence-corrected chi connectivity index (χ3v) is 6.56. The van der Waals surface area contributed by atoms with E-state index in [1.165, 1.54) is 15.8 Å². The van der Waals surface area contributed by atoms with Crippen molar-refractivity contribution in [1.29, 1.82) is 0 Å². The van der Waals surface area contributed by atoms with Gasteiger partial charge in [0, 0.05) is 58.0 Å². The van der Waals surface area contributed by atoms with Crippen LogP contribution < -0.4 is 10.1 Å². The van der Waals surface area contributed by atoms with Gasteiger partial charge >= 0.3 is 0 Å². The second kappa shape index (κ2) is 9.71. The van der Waals surface area contributed by atoms with Crippen LogP contribution in [0.5, 0.6) is 5.75 Å². The Balaban J connectivity index is 1.30. The predicted octanol–water partition coefficient (Wildman–Crippen LogP) is 5.77. The highest BCUT2D eigenvalue weighted by molar-refractivity contribution is 7.10. The number of ether oxygens (including phenoxy) is 1. The lowest BCUT2D eigenvalue weighted by Crippen LogP contribution is -2.28. The van der Waals surface area contributed by atoms with Gasteiger partial charge in [0.25, 0.3) is 5.91 Å². The molecule has 33 heavy (non-hydrogen) atoms. The van der Waals surface area contributed by atoms with E-state index in [0.29, 0.717) is 24.5 Å². The van der Waals surface area contributed by atoms with Crippen molar-refractivity contribution in [3.05, 3.63) is 118 Å². The normalized spacial score (nSPS) is 11.9. The van der Waals surface area contributed by atoms with Gasteiger partial charge in [-0.2, -0.15) is 0 Å². The number of rotatable bonds is 8. The first-order valence-corrected chi connectivity index (χ1v) is 11.7. The number of amides is 1. The zero-order valence-corrected chi connectivity index (χ0v) is 18.7. The van der Waals surface area contributed by atoms with Crippen molar-refractivity contribution in [3.63, 3.8) is 0 Å². The number of pyridine rings is 1. The van der Waals surface area contributed by atoms with Crippen LogP contribution >= 0.6 is 11.3 Å². The molecule has 5 aromatic rings. The van der Waals surface area contributed by atoms with Gasteiger partial charge < -0.3 is 15.0 Å². The summed E-state index contributed by atoms with van der Waals surface area (Å²) in [5, 5.41) is 6.38. The lowest BCUT2D eigenvalue weighted by molar-refractivity contribution is 0.0952. The molecule has 1 atom stereocenters. The van der Waals surface area contributed by atoms with Crippen molar-refractivity contribution in [2.45, 2.75) is 12.5 Å². The lowest BCUT2D eigenvalue weighted by atomic mass is 9.96. The molecule has 5 rings (SSSR count). The monoisotopic (exact) mass is 453 g/mol. The number of aromatic nitrogens is 2. The molecule has 0 saturated heterocycles. The Labute approximate surface area is 196 Å². The van der Waals surface area contributed by atoms with Crippen molar-refractivity contribution in [3.8, 4) is 5.75 Å². The van der Waals surface area contributed by atoms with Gasteiger partial charge in [0.2, 0.25) is 0 Å². The average molecular weight is 454 g/mol. The van der Waals surface area contributed by atoms with E-state index in [1.54, 1.807) is 35.9 Å². The molecule has 0 fully saturated rings. The first-order chi connectivity index (χ1) is 16.3. The third kappa shape index (κ3) is 4.81. The van der Waals surface area contributed by atoms with Gasteiger partial charge in [0.05, 0.1) is 0 Å². The van der Waals surface area contributed by atoms with E-state index in [1.807, 2.05) is 48.7 Å². The van der Waals surface area contributed by atoms with Gasteiger partial charge in [-0.3, -0.25) is 9.78 Å². The Morgan fingerprint density at radius 1 is 1.06 bits per heavy atom. The molecule has 0 bridgehead atoms. The first-order valence-electron chi connectivity index (χ1n) is 10.8. The average Bonchev–Trinajstić information content (AvgIpc) is 3.55. The number of benzene rings is 2. The molecular formula is C27H23N3O2S. The number of para-hydroxylation sites is 1. The molecule has 0 aliphatic rings. The van der Waals surface area contributed by atoms with Gasteiger partial charge in [-0.05, 0) is 47.3 Å². The topological polar surface area (TPSA) is 67.0 Å². The molecule has 2 aromatic carbocycles. The molecule has 0 spiro atoms. The second-order valence-corrected chi connectivity index (χ2v) is 8.72. The Hall–Kier alpha value is -3.90. The number of hydrogen-bond acceptors (Lipinski definition) is 4. The van der Waals surface area contributed by atoms with Crippen molar-refractivity contribution in [2.75, 3.05) is 6.54 Å². The minimum atomic E-state index is -0.122. The second-order valence-electron chi connectivity index (χ2n) is 7.75. The number of nitrogens with zero attached hydrogens (tertiary/aromatic N) is 1. The first kappa shape index (κ1) is 21.0. The number of H-pyrrole nitrogens is 1. The van der Waals surface area contributed by atoms with Crippen molar-refractivity contribution in [2.24, 2.45) is 0 Å². The van der Waals surface area contributed by atoms with Gasteiger partial charge in [0.15, 0.2) is 0 Å². The molecule has 0 saturated carbocycles. The Bertz CT molecular complexity index is 1350. The highest BCUT2D eigenvalue weighted by Gasteiger charge is 2.20. The van der Waals surface area contributed by atoms with E-state index < -0.39 is 0 Å². The highest BCUT2D eigenvalue weighted by atomic mass is 32.1. The molecule has 0 radical (unpaired) electrons. The summed E-state index contributed by atoms with van der Waals surface area (Å²) in [4.78, 5) is 21.7. The Morgan fingerprint density at radius 2 is 2.00 bits per heavy atom. The van der Waals surface area contributed by atoms with Crippen molar-refractivity contribution < 1.29 is 9.53 Å². The molecule has 5 nitrogen and oxygen atoms in total. The van der Waals surface area contributed by atoms with E-state index in [2.05, 4.69) is 38.9 Å². The number of carbonyl (C=O) groups is 1. The largest absolute Gasteiger partial charge is 0.489 e. The minimum absolute atomic E-state index is 0.0649. The van der Waals surface area contributed by atoms with Crippen LogP contribution in [0.3, 0.4) is 0 Å². The number of thiophene rings is 1. The molecule has 0 aliphatic heterocycles. The summed E-state index contributed by atoms with van der Waals surface area (Å²) in [5.74, 6) is 0.594. The maximum atomic E-state index is 13.0. The maximum absolute atomic E-state index is 13.0. The number of fused-ring (bicyclic) bond motifs is 1. The quantitative estimate of drug-likeness (QED) is 0.314. The molecule has 164 valence electrons. The summed E-state index contributed by atoms with van der Waals surface area (Å²) in [7, 11) is 0. The van der Waals surface area contributed by atoms with E-state index in [-0.39, 0.29) is 11.8 Å². The fourth-order valence-corrected chi connectivity index (χ4v) is 4.76. The van der Waals surface area contributed by atoms with Crippen LogP contribution in [0, 0.1) is 0 Å². The van der Waals surface area contributed by atoms with E-state index in [0.717, 1.165) is 11.1 Å². The van der Waals surface area contributed by atoms with Crippen molar-refractivity contribution in [1.82, 2.24) is 15.3 Å². The van der Waals surface area contributed by atoms with E-state index in [9.17, 15) is 4.79 Å². The van der Waals surface area contributed by atoms with Gasteiger partial charge in [0.1, 0.15) is 12.4 Å². The van der Waals surface area contributed by atoms with Crippen LogP contribution in [0.4, 0.5) is 0 Å². The van der Waals surface area contributed by atoms with E-state index >= 15 is 0 Å². The SMILES string of the molecule is O=C(NCC(c1cccs1)c1c[nH]c2ccccc12)c1cccc(OCc2cccnc2)c1. The summed E-state index contributed by atoms with van der Waals surface area (Å²) >= 11 is 1.70. The minimum Gasteiger partial charge on any atom is -0.489 e. The Morgan fingerprint density at radius 3 is 2.85 bits per heavy atom. The zero-order chi connectivity index (χ0) is 22.5. The van der Waals surface area contributed by atoms with Crippen LogP contribution in [0.2, 0.25) is 0 Å². The van der Waals surface area contributed by atoms with Gasteiger partial charge in [-0.1, -0.05) is 36.4 Å². The number of carbonyl (C=O) groups excluding carboxylic acids is 1. The van der Waals surface area contributed by atoms with Gasteiger partial charge in [-0.15, -0.1) is 11.3 Å². The molecule has 6 heteroatoms. The fraction of sp³-hybridized carbons (Fsp3) is 0.111. The van der Waals surface area contributed by atoms with Crippen LogP contribution in [-0.2, 0) is 6.61 Å². The standard InChI is InChI=1S/C27H23N3O2S/c31-27(20-7-3-8-21(14-20)32-18-19-6-4-12-28-15-19)30-17-24(26-11-5-13-33-26)23-16-29-25-10-2-1-9-22(23)25/h1-16,24,29H,17-18H2,(H,30,31).